The number of carbonyl (C=O) groups is 1. The summed E-state index contributed by atoms with van der Waals surface area (Å²) in [5.41, 5.74) is 0. The Labute approximate surface area is 102 Å². The second-order valence-corrected chi connectivity index (χ2v) is 5.16. The van der Waals surface area contributed by atoms with Crippen LogP contribution in [0.2, 0.25) is 0 Å². The minimum atomic E-state index is -0.196. The molecule has 0 N–H and O–H groups in total. The summed E-state index contributed by atoms with van der Waals surface area (Å²) >= 11 is 0. The average Bonchev–Trinajstić information content (AvgIpc) is 2.88. The lowest BCUT2D eigenvalue weighted by Gasteiger charge is -2.27. The minimum Gasteiger partial charge on any atom is -0.361 e. The zero-order valence-electron chi connectivity index (χ0n) is 10.7. The third kappa shape index (κ3) is 2.35. The molecule has 2 rings (SSSR count). The average molecular weight is 236 g/mol. The van der Waals surface area contributed by atoms with Gasteiger partial charge in [0, 0.05) is 18.7 Å². The molecule has 1 aromatic heterocycles. The molecule has 0 aromatic carbocycles. The van der Waals surface area contributed by atoms with Crippen LogP contribution in [0.15, 0.2) is 16.8 Å². The Hall–Kier alpha value is -1.32. The maximum Gasteiger partial charge on any atom is 0.233 e. The molecule has 1 fully saturated rings. The van der Waals surface area contributed by atoms with E-state index in [0.717, 1.165) is 19.4 Å². The highest BCUT2D eigenvalue weighted by molar-refractivity contribution is 5.83. The number of aromatic nitrogens is 1. The van der Waals surface area contributed by atoms with Gasteiger partial charge in [0.15, 0.2) is 0 Å². The molecule has 94 valence electrons. The predicted octanol–water partition coefficient (Wildman–Crippen LogP) is 2.43. The molecule has 2 atom stereocenters. The zero-order chi connectivity index (χ0) is 12.4. The molecular weight excluding hydrogens is 216 g/mol. The minimum absolute atomic E-state index is 0.182. The second kappa shape index (κ2) is 4.90. The number of rotatable bonds is 3. The van der Waals surface area contributed by atoms with E-state index >= 15 is 0 Å². The van der Waals surface area contributed by atoms with Gasteiger partial charge in [0.2, 0.25) is 5.91 Å². The van der Waals surface area contributed by atoms with E-state index in [-0.39, 0.29) is 17.7 Å². The summed E-state index contributed by atoms with van der Waals surface area (Å²) < 4.78 is 5.18. The third-order valence-corrected chi connectivity index (χ3v) is 3.53. The van der Waals surface area contributed by atoms with Gasteiger partial charge in [-0.2, -0.15) is 0 Å². The van der Waals surface area contributed by atoms with Crippen LogP contribution < -0.4 is 0 Å². The van der Waals surface area contributed by atoms with Crippen LogP contribution in [-0.2, 0) is 4.79 Å². The summed E-state index contributed by atoms with van der Waals surface area (Å²) in [6.07, 6.45) is 3.81. The van der Waals surface area contributed by atoms with Crippen LogP contribution in [0.25, 0.3) is 0 Å². The maximum absolute atomic E-state index is 12.5. The highest BCUT2D eigenvalue weighted by Gasteiger charge is 2.35. The molecule has 1 aliphatic rings. The first-order chi connectivity index (χ1) is 8.11. The number of amides is 1. The van der Waals surface area contributed by atoms with E-state index in [4.69, 9.17) is 4.52 Å². The van der Waals surface area contributed by atoms with E-state index in [0.29, 0.717) is 11.8 Å². The van der Waals surface area contributed by atoms with Crippen molar-refractivity contribution in [3.63, 3.8) is 0 Å². The van der Waals surface area contributed by atoms with E-state index in [1.165, 1.54) is 0 Å². The van der Waals surface area contributed by atoms with Crippen LogP contribution >= 0.6 is 0 Å². The molecule has 1 aromatic rings. The fourth-order valence-corrected chi connectivity index (χ4v) is 2.56. The summed E-state index contributed by atoms with van der Waals surface area (Å²) in [6.45, 7) is 7.08. The van der Waals surface area contributed by atoms with Gasteiger partial charge < -0.3 is 9.42 Å². The van der Waals surface area contributed by atoms with E-state index < -0.39 is 0 Å². The fraction of sp³-hybridized carbons (Fsp3) is 0.692. The van der Waals surface area contributed by atoms with Crippen LogP contribution in [0, 0.1) is 5.92 Å². The topological polar surface area (TPSA) is 46.3 Å². The van der Waals surface area contributed by atoms with Gasteiger partial charge in [-0.05, 0) is 25.7 Å². The second-order valence-electron chi connectivity index (χ2n) is 5.16. The maximum atomic E-state index is 12.5. The SMILES string of the molecule is CC(C)C(C(=O)N1CCCC1C)c1ccno1. The summed E-state index contributed by atoms with van der Waals surface area (Å²) in [6, 6.07) is 2.15. The van der Waals surface area contributed by atoms with Crippen molar-refractivity contribution in [2.45, 2.75) is 45.6 Å². The Morgan fingerprint density at radius 1 is 1.59 bits per heavy atom. The lowest BCUT2D eigenvalue weighted by molar-refractivity contribution is -0.134. The smallest absolute Gasteiger partial charge is 0.233 e. The van der Waals surface area contributed by atoms with Gasteiger partial charge in [-0.3, -0.25) is 4.79 Å². The zero-order valence-corrected chi connectivity index (χ0v) is 10.7. The summed E-state index contributed by atoms with van der Waals surface area (Å²) in [5.74, 6) is 0.896. The van der Waals surface area contributed by atoms with Crippen LogP contribution in [0.3, 0.4) is 0 Å². The summed E-state index contributed by atoms with van der Waals surface area (Å²) in [4.78, 5) is 14.5. The molecule has 2 unspecified atom stereocenters. The van der Waals surface area contributed by atoms with E-state index in [1.807, 2.05) is 18.7 Å². The molecule has 0 aliphatic carbocycles. The lowest BCUT2D eigenvalue weighted by Crippen LogP contribution is -2.38. The highest BCUT2D eigenvalue weighted by atomic mass is 16.5. The van der Waals surface area contributed by atoms with Crippen molar-refractivity contribution in [2.24, 2.45) is 5.92 Å². The molecule has 0 bridgehead atoms. The van der Waals surface area contributed by atoms with Crippen molar-refractivity contribution < 1.29 is 9.32 Å². The Balaban J connectivity index is 2.19. The predicted molar refractivity (Wildman–Crippen MR) is 64.5 cm³/mol. The van der Waals surface area contributed by atoms with E-state index in [2.05, 4.69) is 12.1 Å². The first kappa shape index (κ1) is 12.1. The van der Waals surface area contributed by atoms with Gasteiger partial charge in [-0.15, -0.1) is 0 Å². The molecule has 0 radical (unpaired) electrons. The van der Waals surface area contributed by atoms with Gasteiger partial charge in [-0.1, -0.05) is 19.0 Å². The number of hydrogen-bond donors (Lipinski definition) is 0. The lowest BCUT2D eigenvalue weighted by atomic mass is 9.91. The molecule has 2 heterocycles. The monoisotopic (exact) mass is 236 g/mol. The Morgan fingerprint density at radius 2 is 2.35 bits per heavy atom. The van der Waals surface area contributed by atoms with Crippen molar-refractivity contribution in [3.05, 3.63) is 18.0 Å². The molecule has 1 saturated heterocycles. The molecule has 17 heavy (non-hydrogen) atoms. The molecule has 4 nitrogen and oxygen atoms in total. The number of carbonyl (C=O) groups excluding carboxylic acids is 1. The van der Waals surface area contributed by atoms with Crippen molar-refractivity contribution in [3.8, 4) is 0 Å². The summed E-state index contributed by atoms with van der Waals surface area (Å²) in [5, 5.41) is 3.71. The Kier molecular flexibility index (Phi) is 3.50. The molecule has 0 spiro atoms. The van der Waals surface area contributed by atoms with Crippen molar-refractivity contribution in [1.29, 1.82) is 0 Å². The van der Waals surface area contributed by atoms with Crippen molar-refractivity contribution in [2.75, 3.05) is 6.54 Å². The largest absolute Gasteiger partial charge is 0.361 e. The first-order valence-electron chi connectivity index (χ1n) is 6.32. The molecule has 4 heteroatoms. The first-order valence-corrected chi connectivity index (χ1v) is 6.32. The highest BCUT2D eigenvalue weighted by Crippen LogP contribution is 2.29. The number of nitrogens with zero attached hydrogens (tertiary/aromatic N) is 2. The van der Waals surface area contributed by atoms with E-state index in [9.17, 15) is 4.79 Å². The van der Waals surface area contributed by atoms with Crippen LogP contribution in [0.4, 0.5) is 0 Å². The molecule has 1 aliphatic heterocycles. The summed E-state index contributed by atoms with van der Waals surface area (Å²) in [7, 11) is 0. The van der Waals surface area contributed by atoms with Gasteiger partial charge in [0.05, 0.1) is 6.20 Å². The molecular formula is C13H20N2O2. The van der Waals surface area contributed by atoms with Crippen LogP contribution in [0.1, 0.15) is 45.3 Å². The van der Waals surface area contributed by atoms with Crippen LogP contribution in [-0.4, -0.2) is 28.6 Å². The third-order valence-electron chi connectivity index (χ3n) is 3.53. The standard InChI is InChI=1S/C13H20N2O2/c1-9(2)12(11-6-7-14-17-11)13(16)15-8-4-5-10(15)3/h6-7,9-10,12H,4-5,8H2,1-3H3. The molecule has 0 saturated carbocycles. The Morgan fingerprint density at radius 3 is 2.82 bits per heavy atom. The quantitative estimate of drug-likeness (QED) is 0.809. The van der Waals surface area contributed by atoms with Gasteiger partial charge in [-0.25, -0.2) is 0 Å². The van der Waals surface area contributed by atoms with Gasteiger partial charge in [0.25, 0.3) is 0 Å². The normalized spacial score (nSPS) is 22.1. The van der Waals surface area contributed by atoms with Gasteiger partial charge >= 0.3 is 0 Å². The Bertz CT molecular complexity index is 373. The van der Waals surface area contributed by atoms with Gasteiger partial charge in [0.1, 0.15) is 11.7 Å². The number of hydrogen-bond acceptors (Lipinski definition) is 3. The van der Waals surface area contributed by atoms with Crippen molar-refractivity contribution >= 4 is 5.91 Å². The molecule has 1 amide bonds. The van der Waals surface area contributed by atoms with Crippen molar-refractivity contribution in [1.82, 2.24) is 10.1 Å². The fourth-order valence-electron chi connectivity index (χ4n) is 2.56. The van der Waals surface area contributed by atoms with E-state index in [1.54, 1.807) is 12.3 Å². The van der Waals surface area contributed by atoms with Crippen LogP contribution in [0.5, 0.6) is 0 Å². The number of likely N-dealkylation sites (tertiary alicyclic amines) is 1.